The monoisotopic (exact) mass is 276 g/mol. The fourth-order valence-corrected chi connectivity index (χ4v) is 3.41. The van der Waals surface area contributed by atoms with Gasteiger partial charge in [-0.2, -0.15) is 16.4 Å². The average Bonchev–Trinajstić information content (AvgIpc) is 3.09. The first kappa shape index (κ1) is 12.8. The molecular weight excluding hydrogens is 256 g/mol. The van der Waals surface area contributed by atoms with Gasteiger partial charge in [-0.05, 0) is 37.9 Å². The summed E-state index contributed by atoms with van der Waals surface area (Å²) < 4.78 is 0. The third-order valence-electron chi connectivity index (χ3n) is 3.84. The minimum atomic E-state index is 0.630. The number of nitrogens with zero attached hydrogens (tertiary/aromatic N) is 2. The molecule has 5 heteroatoms. The van der Waals surface area contributed by atoms with E-state index in [9.17, 15) is 0 Å². The van der Waals surface area contributed by atoms with Crippen LogP contribution in [-0.4, -0.2) is 41.3 Å². The highest BCUT2D eigenvalue weighted by Crippen LogP contribution is 2.25. The zero-order valence-corrected chi connectivity index (χ0v) is 12.0. The maximum atomic E-state index is 4.22. The minimum absolute atomic E-state index is 0.630. The molecule has 2 aromatic heterocycles. The number of likely N-dealkylation sites (tertiary alicyclic amines) is 1. The van der Waals surface area contributed by atoms with Gasteiger partial charge in [-0.3, -0.25) is 10.00 Å². The Kier molecular flexibility index (Phi) is 3.96. The van der Waals surface area contributed by atoms with Crippen LogP contribution >= 0.6 is 11.3 Å². The summed E-state index contributed by atoms with van der Waals surface area (Å²) in [6.45, 7) is 3.30. The van der Waals surface area contributed by atoms with Crippen molar-refractivity contribution in [1.29, 1.82) is 0 Å². The predicted octanol–water partition coefficient (Wildman–Crippen LogP) is 2.32. The van der Waals surface area contributed by atoms with Crippen molar-refractivity contribution in [2.75, 3.05) is 20.1 Å². The fraction of sp³-hybridized carbons (Fsp3) is 0.500. The Hall–Kier alpha value is -1.17. The molecule has 1 atom stereocenters. The van der Waals surface area contributed by atoms with Crippen molar-refractivity contribution >= 4 is 11.3 Å². The Labute approximate surface area is 117 Å². The smallest absolute Gasteiger partial charge is 0.0703 e. The number of piperidine rings is 1. The number of hydrogen-bond donors (Lipinski definition) is 2. The van der Waals surface area contributed by atoms with Gasteiger partial charge in [0.05, 0.1) is 11.9 Å². The van der Waals surface area contributed by atoms with Crippen LogP contribution < -0.4 is 5.32 Å². The molecule has 0 amide bonds. The molecule has 1 aliphatic heterocycles. The van der Waals surface area contributed by atoms with Gasteiger partial charge in [0, 0.05) is 35.6 Å². The van der Waals surface area contributed by atoms with E-state index in [-0.39, 0.29) is 0 Å². The SMILES string of the molecule is CNC1CCCN(Cc2cn[nH]c2-c2ccsc2)C1. The van der Waals surface area contributed by atoms with Crippen LogP contribution in [0.25, 0.3) is 11.3 Å². The van der Waals surface area contributed by atoms with Gasteiger partial charge in [0.2, 0.25) is 0 Å². The van der Waals surface area contributed by atoms with Crippen molar-refractivity contribution in [3.05, 3.63) is 28.6 Å². The topological polar surface area (TPSA) is 44.0 Å². The molecule has 0 aliphatic carbocycles. The summed E-state index contributed by atoms with van der Waals surface area (Å²) in [5, 5.41) is 15.0. The first-order chi connectivity index (χ1) is 9.36. The second-order valence-electron chi connectivity index (χ2n) is 5.15. The average molecular weight is 276 g/mol. The Morgan fingerprint density at radius 1 is 1.58 bits per heavy atom. The molecule has 0 radical (unpaired) electrons. The van der Waals surface area contributed by atoms with Crippen molar-refractivity contribution in [2.24, 2.45) is 0 Å². The van der Waals surface area contributed by atoms with Crippen LogP contribution in [0.5, 0.6) is 0 Å². The zero-order valence-electron chi connectivity index (χ0n) is 11.2. The summed E-state index contributed by atoms with van der Waals surface area (Å²) in [4.78, 5) is 2.52. The van der Waals surface area contributed by atoms with Gasteiger partial charge in [0.1, 0.15) is 0 Å². The van der Waals surface area contributed by atoms with Crippen LogP contribution in [0.3, 0.4) is 0 Å². The van der Waals surface area contributed by atoms with E-state index >= 15 is 0 Å². The summed E-state index contributed by atoms with van der Waals surface area (Å²) in [6, 6.07) is 2.78. The number of aromatic nitrogens is 2. The van der Waals surface area contributed by atoms with Gasteiger partial charge in [-0.25, -0.2) is 0 Å². The largest absolute Gasteiger partial charge is 0.316 e. The van der Waals surface area contributed by atoms with Gasteiger partial charge in [0.15, 0.2) is 0 Å². The molecule has 1 unspecified atom stereocenters. The van der Waals surface area contributed by atoms with Crippen LogP contribution in [0.1, 0.15) is 18.4 Å². The molecule has 0 saturated carbocycles. The molecule has 2 N–H and O–H groups in total. The normalized spacial score (nSPS) is 20.8. The lowest BCUT2D eigenvalue weighted by Crippen LogP contribution is -2.43. The van der Waals surface area contributed by atoms with Crippen LogP contribution in [0.15, 0.2) is 23.0 Å². The first-order valence-corrected chi connectivity index (χ1v) is 7.75. The predicted molar refractivity (Wildman–Crippen MR) is 79.3 cm³/mol. The van der Waals surface area contributed by atoms with Gasteiger partial charge < -0.3 is 5.32 Å². The lowest BCUT2D eigenvalue weighted by molar-refractivity contribution is 0.188. The van der Waals surface area contributed by atoms with Crippen molar-refractivity contribution in [3.63, 3.8) is 0 Å². The standard InChI is InChI=1S/C14H20N4S/c1-15-13-3-2-5-18(9-13)8-12-7-16-17-14(12)11-4-6-19-10-11/h4,6-7,10,13,15H,2-3,5,8-9H2,1H3,(H,16,17). The molecule has 0 bridgehead atoms. The third kappa shape index (κ3) is 2.88. The van der Waals surface area contributed by atoms with Crippen LogP contribution in [0, 0.1) is 0 Å². The molecule has 2 aromatic rings. The maximum absolute atomic E-state index is 4.22. The number of H-pyrrole nitrogens is 1. The van der Waals surface area contributed by atoms with E-state index in [1.165, 1.54) is 36.2 Å². The van der Waals surface area contributed by atoms with Gasteiger partial charge in [0.25, 0.3) is 0 Å². The summed E-state index contributed by atoms with van der Waals surface area (Å²) in [5.41, 5.74) is 3.72. The second-order valence-corrected chi connectivity index (χ2v) is 5.93. The van der Waals surface area contributed by atoms with Crippen molar-refractivity contribution in [3.8, 4) is 11.3 Å². The van der Waals surface area contributed by atoms with Gasteiger partial charge in [-0.15, -0.1) is 0 Å². The van der Waals surface area contributed by atoms with Crippen molar-refractivity contribution in [2.45, 2.75) is 25.4 Å². The highest BCUT2D eigenvalue weighted by Gasteiger charge is 2.20. The summed E-state index contributed by atoms with van der Waals surface area (Å²) >= 11 is 1.73. The summed E-state index contributed by atoms with van der Waals surface area (Å²) in [6.07, 6.45) is 4.53. The molecular formula is C14H20N4S. The van der Waals surface area contributed by atoms with Crippen LogP contribution in [0.2, 0.25) is 0 Å². The van der Waals surface area contributed by atoms with E-state index in [2.05, 4.69) is 44.3 Å². The number of aromatic amines is 1. The minimum Gasteiger partial charge on any atom is -0.316 e. The van der Waals surface area contributed by atoms with E-state index < -0.39 is 0 Å². The van der Waals surface area contributed by atoms with Crippen molar-refractivity contribution in [1.82, 2.24) is 20.4 Å². The molecule has 1 aliphatic rings. The van der Waals surface area contributed by atoms with E-state index in [0.29, 0.717) is 6.04 Å². The molecule has 19 heavy (non-hydrogen) atoms. The van der Waals surface area contributed by atoms with Gasteiger partial charge >= 0.3 is 0 Å². The van der Waals surface area contributed by atoms with Crippen LogP contribution in [0.4, 0.5) is 0 Å². The Balaban J connectivity index is 1.72. The molecule has 4 nitrogen and oxygen atoms in total. The number of hydrogen-bond acceptors (Lipinski definition) is 4. The Morgan fingerprint density at radius 3 is 3.32 bits per heavy atom. The van der Waals surface area contributed by atoms with Crippen molar-refractivity contribution < 1.29 is 0 Å². The van der Waals surface area contributed by atoms with Crippen LogP contribution in [-0.2, 0) is 6.54 Å². The number of likely N-dealkylation sites (N-methyl/N-ethyl adjacent to an activating group) is 1. The number of rotatable bonds is 4. The Bertz CT molecular complexity index is 505. The first-order valence-electron chi connectivity index (χ1n) is 6.81. The number of thiophene rings is 1. The third-order valence-corrected chi connectivity index (χ3v) is 4.52. The molecule has 1 saturated heterocycles. The lowest BCUT2D eigenvalue weighted by Gasteiger charge is -2.32. The van der Waals surface area contributed by atoms with E-state index in [1.807, 2.05) is 6.20 Å². The quantitative estimate of drug-likeness (QED) is 0.901. The number of nitrogens with one attached hydrogen (secondary N) is 2. The highest BCUT2D eigenvalue weighted by molar-refractivity contribution is 7.08. The molecule has 102 valence electrons. The molecule has 1 fully saturated rings. The summed E-state index contributed by atoms with van der Waals surface area (Å²) in [5.74, 6) is 0. The molecule has 3 rings (SSSR count). The molecule has 3 heterocycles. The fourth-order valence-electron chi connectivity index (χ4n) is 2.76. The van der Waals surface area contributed by atoms with E-state index in [0.717, 1.165) is 13.1 Å². The van der Waals surface area contributed by atoms with E-state index in [4.69, 9.17) is 0 Å². The zero-order chi connectivity index (χ0) is 13.1. The summed E-state index contributed by atoms with van der Waals surface area (Å²) in [7, 11) is 2.06. The lowest BCUT2D eigenvalue weighted by atomic mass is 10.0. The maximum Gasteiger partial charge on any atom is 0.0703 e. The second kappa shape index (κ2) is 5.86. The van der Waals surface area contributed by atoms with Gasteiger partial charge in [-0.1, -0.05) is 0 Å². The molecule has 0 aromatic carbocycles. The van der Waals surface area contributed by atoms with E-state index in [1.54, 1.807) is 11.3 Å². The highest BCUT2D eigenvalue weighted by atomic mass is 32.1. The molecule has 0 spiro atoms. The Morgan fingerprint density at radius 2 is 2.53 bits per heavy atom.